The van der Waals surface area contributed by atoms with E-state index < -0.39 is 0 Å². The molecule has 3 heteroatoms. The third-order valence-electron chi connectivity index (χ3n) is 4.37. The molecule has 108 valence electrons. The van der Waals surface area contributed by atoms with Crippen molar-refractivity contribution in [2.24, 2.45) is 0 Å². The second-order valence-electron chi connectivity index (χ2n) is 5.80. The summed E-state index contributed by atoms with van der Waals surface area (Å²) in [5.74, 6) is 0. The number of aromatic nitrogens is 1. The quantitative estimate of drug-likeness (QED) is 0.921. The number of hydrogen-bond donors (Lipinski definition) is 1. The predicted octanol–water partition coefficient (Wildman–Crippen LogP) is 2.42. The van der Waals surface area contributed by atoms with Crippen molar-refractivity contribution in [1.29, 1.82) is 0 Å². The van der Waals surface area contributed by atoms with Gasteiger partial charge in [-0.05, 0) is 37.5 Å². The second-order valence-corrected chi connectivity index (χ2v) is 5.80. The first-order valence-electron chi connectivity index (χ1n) is 7.79. The minimum atomic E-state index is 1.05. The highest BCUT2D eigenvalue weighted by atomic mass is 15.2. The van der Waals surface area contributed by atoms with Gasteiger partial charge in [-0.2, -0.15) is 0 Å². The lowest BCUT2D eigenvalue weighted by atomic mass is 10.1. The maximum Gasteiger partial charge on any atom is 0.0485 e. The third kappa shape index (κ3) is 2.74. The van der Waals surface area contributed by atoms with Gasteiger partial charge in [-0.1, -0.05) is 12.1 Å². The van der Waals surface area contributed by atoms with Crippen LogP contribution in [0.5, 0.6) is 0 Å². The number of piperazine rings is 1. The van der Waals surface area contributed by atoms with Crippen LogP contribution in [0, 0.1) is 6.92 Å². The van der Waals surface area contributed by atoms with Gasteiger partial charge in [0.05, 0.1) is 0 Å². The molecule has 2 heterocycles. The molecule has 0 unspecified atom stereocenters. The maximum absolute atomic E-state index is 3.42. The Morgan fingerprint density at radius 2 is 2.00 bits per heavy atom. The van der Waals surface area contributed by atoms with Gasteiger partial charge in [0.2, 0.25) is 0 Å². The van der Waals surface area contributed by atoms with Crippen LogP contribution in [0.15, 0.2) is 24.4 Å². The number of hydrogen-bond acceptors (Lipinski definition) is 2. The standard InChI is InChI=1S/C17H25N3/c1-3-20-13-15(6-9-19-10-7-18-8-11-19)16-5-4-14(2)12-17(16)20/h4-5,12-13,18H,3,6-11H2,1-2H3. The molecule has 1 N–H and O–H groups in total. The first-order valence-corrected chi connectivity index (χ1v) is 7.79. The van der Waals surface area contributed by atoms with E-state index in [-0.39, 0.29) is 0 Å². The van der Waals surface area contributed by atoms with Gasteiger partial charge in [-0.3, -0.25) is 0 Å². The van der Waals surface area contributed by atoms with Crippen LogP contribution in [0.2, 0.25) is 0 Å². The minimum absolute atomic E-state index is 1.05. The Balaban J connectivity index is 1.80. The molecular weight excluding hydrogens is 246 g/mol. The summed E-state index contributed by atoms with van der Waals surface area (Å²) in [7, 11) is 0. The first kappa shape index (κ1) is 13.7. The molecule has 3 rings (SSSR count). The lowest BCUT2D eigenvalue weighted by Crippen LogP contribution is -2.44. The van der Waals surface area contributed by atoms with Crippen LogP contribution in [0.3, 0.4) is 0 Å². The number of rotatable bonds is 4. The maximum atomic E-state index is 3.42. The van der Waals surface area contributed by atoms with E-state index in [0.29, 0.717) is 0 Å². The lowest BCUT2D eigenvalue weighted by molar-refractivity contribution is 0.244. The van der Waals surface area contributed by atoms with E-state index in [1.54, 1.807) is 0 Å². The van der Waals surface area contributed by atoms with Gasteiger partial charge in [0.25, 0.3) is 0 Å². The summed E-state index contributed by atoms with van der Waals surface area (Å²) < 4.78 is 2.38. The molecule has 1 aromatic heterocycles. The van der Waals surface area contributed by atoms with Gasteiger partial charge in [0.1, 0.15) is 0 Å². The van der Waals surface area contributed by atoms with Crippen molar-refractivity contribution in [3.63, 3.8) is 0 Å². The van der Waals surface area contributed by atoms with Crippen molar-refractivity contribution in [2.75, 3.05) is 32.7 Å². The highest BCUT2D eigenvalue weighted by Crippen LogP contribution is 2.23. The Labute approximate surface area is 121 Å². The zero-order chi connectivity index (χ0) is 13.9. The topological polar surface area (TPSA) is 20.2 Å². The lowest BCUT2D eigenvalue weighted by Gasteiger charge is -2.26. The highest BCUT2D eigenvalue weighted by Gasteiger charge is 2.12. The third-order valence-corrected chi connectivity index (χ3v) is 4.37. The molecule has 3 nitrogen and oxygen atoms in total. The molecule has 0 aliphatic carbocycles. The average molecular weight is 271 g/mol. The molecule has 0 bridgehead atoms. The van der Waals surface area contributed by atoms with Crippen LogP contribution >= 0.6 is 0 Å². The molecule has 0 radical (unpaired) electrons. The van der Waals surface area contributed by atoms with Crippen LogP contribution in [-0.2, 0) is 13.0 Å². The predicted molar refractivity (Wildman–Crippen MR) is 85.4 cm³/mol. The molecule has 1 aliphatic heterocycles. The summed E-state index contributed by atoms with van der Waals surface area (Å²) in [4.78, 5) is 2.57. The van der Waals surface area contributed by atoms with E-state index in [9.17, 15) is 0 Å². The van der Waals surface area contributed by atoms with Crippen molar-refractivity contribution in [2.45, 2.75) is 26.8 Å². The van der Waals surface area contributed by atoms with Gasteiger partial charge in [0, 0.05) is 56.4 Å². The molecule has 0 saturated carbocycles. The summed E-state index contributed by atoms with van der Waals surface area (Å²) >= 11 is 0. The van der Waals surface area contributed by atoms with E-state index in [0.717, 1.165) is 26.1 Å². The molecular formula is C17H25N3. The normalized spacial score (nSPS) is 16.9. The Morgan fingerprint density at radius 3 is 2.75 bits per heavy atom. The summed E-state index contributed by atoms with van der Waals surface area (Å²) in [6.07, 6.45) is 3.51. The largest absolute Gasteiger partial charge is 0.347 e. The summed E-state index contributed by atoms with van der Waals surface area (Å²) in [6, 6.07) is 6.84. The molecule has 20 heavy (non-hydrogen) atoms. The minimum Gasteiger partial charge on any atom is -0.347 e. The number of nitrogens with zero attached hydrogens (tertiary/aromatic N) is 2. The average Bonchev–Trinajstić information content (AvgIpc) is 2.83. The summed E-state index contributed by atoms with van der Waals surface area (Å²) in [6.45, 7) is 11.3. The van der Waals surface area contributed by atoms with Gasteiger partial charge < -0.3 is 14.8 Å². The van der Waals surface area contributed by atoms with E-state index in [4.69, 9.17) is 0 Å². The Hall–Kier alpha value is -1.32. The van der Waals surface area contributed by atoms with Crippen LogP contribution in [-0.4, -0.2) is 42.2 Å². The smallest absolute Gasteiger partial charge is 0.0485 e. The monoisotopic (exact) mass is 271 g/mol. The fraction of sp³-hybridized carbons (Fsp3) is 0.529. The Morgan fingerprint density at radius 1 is 1.20 bits per heavy atom. The van der Waals surface area contributed by atoms with Crippen molar-refractivity contribution < 1.29 is 0 Å². The molecule has 1 aliphatic rings. The Kier molecular flexibility index (Phi) is 4.08. The zero-order valence-corrected chi connectivity index (χ0v) is 12.7. The van der Waals surface area contributed by atoms with Crippen molar-refractivity contribution in [1.82, 2.24) is 14.8 Å². The molecule has 0 atom stereocenters. The van der Waals surface area contributed by atoms with Crippen molar-refractivity contribution in [3.8, 4) is 0 Å². The molecule has 1 aromatic carbocycles. The van der Waals surface area contributed by atoms with Crippen LogP contribution in [0.4, 0.5) is 0 Å². The molecule has 2 aromatic rings. The van der Waals surface area contributed by atoms with Crippen molar-refractivity contribution >= 4 is 10.9 Å². The van der Waals surface area contributed by atoms with Gasteiger partial charge in [-0.25, -0.2) is 0 Å². The van der Waals surface area contributed by atoms with Crippen molar-refractivity contribution in [3.05, 3.63) is 35.5 Å². The van der Waals surface area contributed by atoms with Crippen LogP contribution in [0.1, 0.15) is 18.1 Å². The second kappa shape index (κ2) is 5.98. The number of benzene rings is 1. The highest BCUT2D eigenvalue weighted by molar-refractivity contribution is 5.84. The van der Waals surface area contributed by atoms with Gasteiger partial charge in [0.15, 0.2) is 0 Å². The first-order chi connectivity index (χ1) is 9.78. The fourth-order valence-electron chi connectivity index (χ4n) is 3.15. The fourth-order valence-corrected chi connectivity index (χ4v) is 3.15. The molecule has 0 amide bonds. The van der Waals surface area contributed by atoms with E-state index in [2.05, 4.69) is 53.0 Å². The van der Waals surface area contributed by atoms with Gasteiger partial charge in [-0.15, -0.1) is 0 Å². The van der Waals surface area contributed by atoms with E-state index in [1.807, 2.05) is 0 Å². The number of nitrogens with one attached hydrogen (secondary N) is 1. The van der Waals surface area contributed by atoms with E-state index in [1.165, 1.54) is 41.7 Å². The SMILES string of the molecule is CCn1cc(CCN2CCNCC2)c2ccc(C)cc21. The molecule has 1 saturated heterocycles. The summed E-state index contributed by atoms with van der Waals surface area (Å²) in [5.41, 5.74) is 4.24. The summed E-state index contributed by atoms with van der Waals surface area (Å²) in [5, 5.41) is 4.85. The Bertz CT molecular complexity index is 579. The molecule has 1 fully saturated rings. The number of fused-ring (bicyclic) bond motifs is 1. The van der Waals surface area contributed by atoms with E-state index >= 15 is 0 Å². The van der Waals surface area contributed by atoms with Crippen LogP contribution < -0.4 is 5.32 Å². The molecule has 0 spiro atoms. The number of aryl methyl sites for hydroxylation is 2. The van der Waals surface area contributed by atoms with Gasteiger partial charge >= 0.3 is 0 Å². The zero-order valence-electron chi connectivity index (χ0n) is 12.7. The van der Waals surface area contributed by atoms with Crippen LogP contribution in [0.25, 0.3) is 10.9 Å².